The number of amides is 2. The third kappa shape index (κ3) is 3.79. The fraction of sp³-hybridized carbons (Fsp3) is 0.158. The summed E-state index contributed by atoms with van der Waals surface area (Å²) >= 11 is 0. The van der Waals surface area contributed by atoms with E-state index in [1.807, 2.05) is 31.1 Å². The smallest absolute Gasteiger partial charge is 0.378 e. The van der Waals surface area contributed by atoms with Gasteiger partial charge in [0.05, 0.1) is 11.3 Å². The zero-order valence-corrected chi connectivity index (χ0v) is 14.5. The molecular weight excluding hydrogens is 359 g/mol. The Labute approximate surface area is 153 Å². The fourth-order valence-corrected chi connectivity index (χ4v) is 2.60. The largest absolute Gasteiger partial charge is 0.416 e. The second-order valence-electron chi connectivity index (χ2n) is 6.17. The van der Waals surface area contributed by atoms with E-state index < -0.39 is 23.6 Å². The molecule has 8 heteroatoms. The maximum Gasteiger partial charge on any atom is 0.416 e. The summed E-state index contributed by atoms with van der Waals surface area (Å²) in [6, 6.07) is 11.4. The van der Waals surface area contributed by atoms with E-state index in [2.05, 4.69) is 5.43 Å². The van der Waals surface area contributed by atoms with Crippen molar-refractivity contribution < 1.29 is 22.8 Å². The molecule has 1 aliphatic rings. The summed E-state index contributed by atoms with van der Waals surface area (Å²) in [5.41, 5.74) is 2.77. The van der Waals surface area contributed by atoms with Crippen molar-refractivity contribution >= 4 is 29.3 Å². The van der Waals surface area contributed by atoms with Gasteiger partial charge >= 0.3 is 6.18 Å². The van der Waals surface area contributed by atoms with Gasteiger partial charge in [-0.05, 0) is 42.0 Å². The first-order valence-electron chi connectivity index (χ1n) is 7.98. The molecule has 0 spiro atoms. The summed E-state index contributed by atoms with van der Waals surface area (Å²) in [6.45, 7) is 0. The van der Waals surface area contributed by atoms with Gasteiger partial charge in [-0.15, -0.1) is 0 Å². The van der Waals surface area contributed by atoms with Crippen molar-refractivity contribution in [2.24, 2.45) is 0 Å². The van der Waals surface area contributed by atoms with E-state index in [0.29, 0.717) is 5.56 Å². The highest BCUT2D eigenvalue weighted by Crippen LogP contribution is 2.32. The van der Waals surface area contributed by atoms with Gasteiger partial charge in [-0.2, -0.15) is 13.2 Å². The molecule has 3 rings (SSSR count). The topological polar surface area (TPSA) is 52.7 Å². The van der Waals surface area contributed by atoms with Crippen molar-refractivity contribution in [1.29, 1.82) is 0 Å². The number of benzene rings is 2. The number of hydrogen-bond acceptors (Lipinski definition) is 3. The second-order valence-corrected chi connectivity index (χ2v) is 6.17. The lowest BCUT2D eigenvalue weighted by atomic mass is 10.1. The van der Waals surface area contributed by atoms with Gasteiger partial charge in [-0.1, -0.05) is 18.2 Å². The minimum absolute atomic E-state index is 0.0606. The Hall–Kier alpha value is -3.29. The van der Waals surface area contributed by atoms with Crippen molar-refractivity contribution in [3.05, 3.63) is 65.2 Å². The first kappa shape index (κ1) is 18.5. The van der Waals surface area contributed by atoms with Crippen LogP contribution in [0.15, 0.2) is 54.1 Å². The highest BCUT2D eigenvalue weighted by atomic mass is 19.4. The summed E-state index contributed by atoms with van der Waals surface area (Å²) < 4.78 is 38.6. The lowest BCUT2D eigenvalue weighted by Gasteiger charge is -2.16. The number of anilines is 2. The summed E-state index contributed by atoms with van der Waals surface area (Å²) in [6.07, 6.45) is -3.14. The molecule has 0 aliphatic carbocycles. The second kappa shape index (κ2) is 6.79. The molecule has 1 saturated heterocycles. The molecule has 0 atom stereocenters. The Kier molecular flexibility index (Phi) is 4.65. The van der Waals surface area contributed by atoms with Crippen molar-refractivity contribution in [2.75, 3.05) is 24.0 Å². The number of halogens is 3. The molecule has 1 N–H and O–H groups in total. The fourth-order valence-electron chi connectivity index (χ4n) is 2.60. The number of hydrazine groups is 1. The Morgan fingerprint density at radius 3 is 2.30 bits per heavy atom. The zero-order chi connectivity index (χ0) is 19.8. The van der Waals surface area contributed by atoms with Crippen LogP contribution >= 0.6 is 0 Å². The normalized spacial score (nSPS) is 16.0. The van der Waals surface area contributed by atoms with E-state index in [1.54, 1.807) is 12.1 Å². The van der Waals surface area contributed by atoms with Crippen LogP contribution in [-0.4, -0.2) is 25.9 Å². The van der Waals surface area contributed by atoms with Crippen LogP contribution < -0.4 is 15.3 Å². The van der Waals surface area contributed by atoms with Crippen molar-refractivity contribution in [2.45, 2.75) is 6.18 Å². The number of carbonyl (C=O) groups excluding carboxylic acids is 2. The predicted octanol–water partition coefficient (Wildman–Crippen LogP) is 3.23. The summed E-state index contributed by atoms with van der Waals surface area (Å²) in [5, 5.41) is 0.817. The minimum atomic E-state index is -4.55. The molecule has 0 bridgehead atoms. The summed E-state index contributed by atoms with van der Waals surface area (Å²) in [7, 11) is 3.77. The van der Waals surface area contributed by atoms with E-state index >= 15 is 0 Å². The molecule has 0 saturated carbocycles. The number of nitrogens with zero attached hydrogens (tertiary/aromatic N) is 2. The van der Waals surface area contributed by atoms with Gasteiger partial charge < -0.3 is 4.90 Å². The van der Waals surface area contributed by atoms with E-state index in [4.69, 9.17) is 0 Å². The number of hydrogen-bond donors (Lipinski definition) is 1. The number of carbonyl (C=O) groups is 2. The van der Waals surface area contributed by atoms with Crippen LogP contribution in [0.3, 0.4) is 0 Å². The molecule has 0 unspecified atom stereocenters. The number of rotatable bonds is 3. The van der Waals surface area contributed by atoms with E-state index in [-0.39, 0.29) is 11.3 Å². The maximum atomic E-state index is 12.9. The Morgan fingerprint density at radius 1 is 1.04 bits per heavy atom. The first-order chi connectivity index (χ1) is 12.7. The zero-order valence-electron chi connectivity index (χ0n) is 14.5. The van der Waals surface area contributed by atoms with E-state index in [9.17, 15) is 22.8 Å². The van der Waals surface area contributed by atoms with E-state index in [0.717, 1.165) is 22.8 Å². The average molecular weight is 375 g/mol. The van der Waals surface area contributed by atoms with Gasteiger partial charge in [0.2, 0.25) is 0 Å². The molecule has 0 aromatic heterocycles. The van der Waals surface area contributed by atoms with Gasteiger partial charge in [0.1, 0.15) is 5.57 Å². The minimum Gasteiger partial charge on any atom is -0.378 e. The molecular formula is C19H16F3N3O2. The van der Waals surface area contributed by atoms with Gasteiger partial charge in [0.25, 0.3) is 11.8 Å². The van der Waals surface area contributed by atoms with Crippen molar-refractivity contribution in [3.63, 3.8) is 0 Å². The van der Waals surface area contributed by atoms with Gasteiger partial charge in [0.15, 0.2) is 0 Å². The summed E-state index contributed by atoms with van der Waals surface area (Å²) in [4.78, 5) is 26.6. The monoisotopic (exact) mass is 375 g/mol. The Bertz CT molecular complexity index is 919. The van der Waals surface area contributed by atoms with Crippen LogP contribution in [0.4, 0.5) is 24.5 Å². The van der Waals surface area contributed by atoms with Crippen LogP contribution in [0, 0.1) is 0 Å². The lowest BCUT2D eigenvalue weighted by molar-refractivity contribution is -0.137. The highest BCUT2D eigenvalue weighted by Gasteiger charge is 2.36. The molecule has 27 heavy (non-hydrogen) atoms. The van der Waals surface area contributed by atoms with Crippen molar-refractivity contribution in [3.8, 4) is 0 Å². The number of nitrogens with one attached hydrogen (secondary N) is 1. The molecule has 0 radical (unpaired) electrons. The molecule has 140 valence electrons. The molecule has 2 amide bonds. The maximum absolute atomic E-state index is 12.9. The van der Waals surface area contributed by atoms with Crippen LogP contribution in [0.2, 0.25) is 0 Å². The van der Waals surface area contributed by atoms with Gasteiger partial charge in [0, 0.05) is 19.8 Å². The average Bonchev–Trinajstić information content (AvgIpc) is 2.90. The number of alkyl halides is 3. The molecule has 1 heterocycles. The molecule has 5 nitrogen and oxygen atoms in total. The molecule has 1 aliphatic heterocycles. The first-order valence-corrected chi connectivity index (χ1v) is 7.98. The predicted molar refractivity (Wildman–Crippen MR) is 95.8 cm³/mol. The molecule has 1 fully saturated rings. The van der Waals surface area contributed by atoms with Gasteiger partial charge in [-0.3, -0.25) is 15.0 Å². The standard InChI is InChI=1S/C19H16F3N3O2/c1-24(2)14-8-6-12(7-9-14)10-16-17(26)23-25(18(16)27)15-5-3-4-13(11-15)19(20,21)22/h3-11H,1-2H3,(H,23,26). The molecule has 2 aromatic rings. The van der Waals surface area contributed by atoms with E-state index in [1.165, 1.54) is 18.2 Å². The quantitative estimate of drug-likeness (QED) is 0.662. The lowest BCUT2D eigenvalue weighted by Crippen LogP contribution is -2.35. The Balaban J connectivity index is 1.89. The Morgan fingerprint density at radius 2 is 1.70 bits per heavy atom. The summed E-state index contributed by atoms with van der Waals surface area (Å²) in [5.74, 6) is -1.38. The third-order valence-electron chi connectivity index (χ3n) is 4.04. The van der Waals surface area contributed by atoms with Crippen LogP contribution in [-0.2, 0) is 15.8 Å². The van der Waals surface area contributed by atoms with Crippen LogP contribution in [0.1, 0.15) is 11.1 Å². The highest BCUT2D eigenvalue weighted by molar-refractivity contribution is 6.31. The SMILES string of the molecule is CN(C)c1ccc(C=C2C(=O)NN(c3cccc(C(F)(F)F)c3)C2=O)cc1. The van der Waals surface area contributed by atoms with Gasteiger partial charge in [-0.25, -0.2) is 5.01 Å². The van der Waals surface area contributed by atoms with Crippen LogP contribution in [0.25, 0.3) is 6.08 Å². The third-order valence-corrected chi connectivity index (χ3v) is 4.04. The van der Waals surface area contributed by atoms with Crippen LogP contribution in [0.5, 0.6) is 0 Å². The van der Waals surface area contributed by atoms with Crippen molar-refractivity contribution in [1.82, 2.24) is 5.43 Å². The molecule has 2 aromatic carbocycles.